The van der Waals surface area contributed by atoms with E-state index in [0.29, 0.717) is 23.7 Å². The average Bonchev–Trinajstić information content (AvgIpc) is 2.99. The van der Waals surface area contributed by atoms with Gasteiger partial charge in [-0.1, -0.05) is 35.1 Å². The molecule has 134 valence electrons. The van der Waals surface area contributed by atoms with E-state index in [1.54, 1.807) is 25.1 Å². The number of ether oxygens (including phenoxy) is 1. The number of aryl methyl sites for hydroxylation is 2. The highest BCUT2D eigenvalue weighted by molar-refractivity contribution is 7.22. The van der Waals surface area contributed by atoms with Crippen molar-refractivity contribution in [2.75, 3.05) is 11.9 Å². The van der Waals surface area contributed by atoms with Gasteiger partial charge in [0.2, 0.25) is 5.91 Å². The summed E-state index contributed by atoms with van der Waals surface area (Å²) >= 11 is 1.34. The molecule has 26 heavy (non-hydrogen) atoms. The van der Waals surface area contributed by atoms with Crippen LogP contribution >= 0.6 is 11.3 Å². The van der Waals surface area contributed by atoms with Gasteiger partial charge in [-0.05, 0) is 50.1 Å². The Kier molecular flexibility index (Phi) is 5.32. The van der Waals surface area contributed by atoms with Crippen LogP contribution in [0.2, 0.25) is 0 Å². The largest absolute Gasteiger partial charge is 0.462 e. The number of esters is 1. The number of carbonyl (C=O) groups excluding carboxylic acids is 2. The van der Waals surface area contributed by atoms with E-state index in [2.05, 4.69) is 10.3 Å². The summed E-state index contributed by atoms with van der Waals surface area (Å²) in [4.78, 5) is 28.6. The summed E-state index contributed by atoms with van der Waals surface area (Å²) in [6.07, 6.45) is 0.303. The fourth-order valence-corrected chi connectivity index (χ4v) is 3.57. The number of carbonyl (C=O) groups is 2. The van der Waals surface area contributed by atoms with Gasteiger partial charge in [0.25, 0.3) is 0 Å². The van der Waals surface area contributed by atoms with E-state index in [1.165, 1.54) is 11.3 Å². The van der Waals surface area contributed by atoms with Gasteiger partial charge in [0, 0.05) is 0 Å². The minimum Gasteiger partial charge on any atom is -0.462 e. The number of nitrogens with one attached hydrogen (secondary N) is 1. The van der Waals surface area contributed by atoms with Crippen molar-refractivity contribution in [2.45, 2.75) is 27.2 Å². The number of anilines is 1. The first kappa shape index (κ1) is 18.1. The molecule has 0 saturated carbocycles. The van der Waals surface area contributed by atoms with E-state index in [4.69, 9.17) is 4.74 Å². The Morgan fingerprint density at radius 3 is 2.73 bits per heavy atom. The van der Waals surface area contributed by atoms with Gasteiger partial charge in [0.1, 0.15) is 0 Å². The number of rotatable bonds is 5. The van der Waals surface area contributed by atoms with Crippen molar-refractivity contribution in [3.8, 4) is 0 Å². The van der Waals surface area contributed by atoms with Crippen LogP contribution in [0.4, 0.5) is 5.13 Å². The van der Waals surface area contributed by atoms with Gasteiger partial charge < -0.3 is 10.1 Å². The molecule has 2 aromatic carbocycles. The van der Waals surface area contributed by atoms with Crippen LogP contribution in [0.25, 0.3) is 10.2 Å². The monoisotopic (exact) mass is 368 g/mol. The maximum atomic E-state index is 12.4. The SMILES string of the molecule is CCOC(=O)c1ccc2nc(NC(=O)Cc3cc(C)ccc3C)sc2c1. The maximum absolute atomic E-state index is 12.4. The van der Waals surface area contributed by atoms with Crippen molar-refractivity contribution in [1.82, 2.24) is 4.98 Å². The van der Waals surface area contributed by atoms with Crippen molar-refractivity contribution < 1.29 is 14.3 Å². The number of hydrogen-bond acceptors (Lipinski definition) is 5. The number of benzene rings is 2. The standard InChI is InChI=1S/C20H20N2O3S/c1-4-25-19(24)14-7-8-16-17(10-14)26-20(21-16)22-18(23)11-15-9-12(2)5-6-13(15)3/h5-10H,4,11H2,1-3H3,(H,21,22,23). The summed E-state index contributed by atoms with van der Waals surface area (Å²) in [5.41, 5.74) is 4.45. The van der Waals surface area contributed by atoms with E-state index in [9.17, 15) is 9.59 Å². The summed E-state index contributed by atoms with van der Waals surface area (Å²) in [5, 5.41) is 3.38. The molecule has 1 amide bonds. The number of aromatic nitrogens is 1. The molecule has 3 aromatic rings. The Bertz CT molecular complexity index is 978. The fourth-order valence-electron chi connectivity index (χ4n) is 2.65. The third-order valence-electron chi connectivity index (χ3n) is 4.00. The van der Waals surface area contributed by atoms with Crippen molar-refractivity contribution >= 4 is 38.6 Å². The van der Waals surface area contributed by atoms with Gasteiger partial charge in [0.15, 0.2) is 5.13 Å². The van der Waals surface area contributed by atoms with E-state index < -0.39 is 0 Å². The van der Waals surface area contributed by atoms with Crippen LogP contribution in [-0.4, -0.2) is 23.5 Å². The Morgan fingerprint density at radius 2 is 1.96 bits per heavy atom. The van der Waals surface area contributed by atoms with Crippen LogP contribution < -0.4 is 5.32 Å². The highest BCUT2D eigenvalue weighted by Gasteiger charge is 2.13. The maximum Gasteiger partial charge on any atom is 0.338 e. The molecule has 0 atom stereocenters. The molecule has 6 heteroatoms. The molecule has 1 aromatic heterocycles. The summed E-state index contributed by atoms with van der Waals surface area (Å²) in [6, 6.07) is 11.3. The Labute approximate surface area is 156 Å². The molecule has 1 N–H and O–H groups in total. The molecule has 1 heterocycles. The third-order valence-corrected chi connectivity index (χ3v) is 4.94. The molecule has 0 saturated heterocycles. The second-order valence-corrected chi connectivity index (χ2v) is 7.11. The molecular weight excluding hydrogens is 348 g/mol. The Balaban J connectivity index is 1.75. The molecule has 0 aliphatic heterocycles. The second-order valence-electron chi connectivity index (χ2n) is 6.08. The summed E-state index contributed by atoms with van der Waals surface area (Å²) in [7, 11) is 0. The minimum atomic E-state index is -0.358. The number of thiazole rings is 1. The normalized spacial score (nSPS) is 10.7. The van der Waals surface area contributed by atoms with Crippen LogP contribution in [0.1, 0.15) is 34.0 Å². The van der Waals surface area contributed by atoms with Crippen LogP contribution in [0.3, 0.4) is 0 Å². The second kappa shape index (κ2) is 7.66. The van der Waals surface area contributed by atoms with Gasteiger partial charge in [-0.25, -0.2) is 9.78 Å². The number of amides is 1. The Morgan fingerprint density at radius 1 is 1.15 bits per heavy atom. The fraction of sp³-hybridized carbons (Fsp3) is 0.250. The average molecular weight is 368 g/mol. The van der Waals surface area contributed by atoms with Crippen LogP contribution in [0, 0.1) is 13.8 Å². The molecular formula is C20H20N2O3S. The van der Waals surface area contributed by atoms with Crippen LogP contribution in [0.5, 0.6) is 0 Å². The van der Waals surface area contributed by atoms with Crippen molar-refractivity contribution in [3.63, 3.8) is 0 Å². The zero-order chi connectivity index (χ0) is 18.7. The lowest BCUT2D eigenvalue weighted by Gasteiger charge is -2.06. The zero-order valence-electron chi connectivity index (χ0n) is 15.0. The highest BCUT2D eigenvalue weighted by Crippen LogP contribution is 2.27. The molecule has 0 fully saturated rings. The van der Waals surface area contributed by atoms with E-state index in [-0.39, 0.29) is 11.9 Å². The molecule has 0 bridgehead atoms. The molecule has 0 spiro atoms. The van der Waals surface area contributed by atoms with Gasteiger partial charge in [-0.3, -0.25) is 4.79 Å². The van der Waals surface area contributed by atoms with Crippen molar-refractivity contribution in [1.29, 1.82) is 0 Å². The molecule has 3 rings (SSSR count). The minimum absolute atomic E-state index is 0.108. The smallest absolute Gasteiger partial charge is 0.338 e. The first-order valence-electron chi connectivity index (χ1n) is 8.40. The zero-order valence-corrected chi connectivity index (χ0v) is 15.8. The number of fused-ring (bicyclic) bond motifs is 1. The predicted molar refractivity (Wildman–Crippen MR) is 104 cm³/mol. The van der Waals surface area contributed by atoms with Crippen molar-refractivity contribution in [2.24, 2.45) is 0 Å². The van der Waals surface area contributed by atoms with Gasteiger partial charge >= 0.3 is 5.97 Å². The first-order chi connectivity index (χ1) is 12.5. The third kappa shape index (κ3) is 4.08. The topological polar surface area (TPSA) is 68.3 Å². The summed E-state index contributed by atoms with van der Waals surface area (Å²) < 4.78 is 5.84. The highest BCUT2D eigenvalue weighted by atomic mass is 32.1. The molecule has 0 unspecified atom stereocenters. The quantitative estimate of drug-likeness (QED) is 0.683. The molecule has 0 radical (unpaired) electrons. The first-order valence-corrected chi connectivity index (χ1v) is 9.21. The lowest BCUT2D eigenvalue weighted by Crippen LogP contribution is -2.14. The molecule has 5 nitrogen and oxygen atoms in total. The number of hydrogen-bond donors (Lipinski definition) is 1. The van der Waals surface area contributed by atoms with Crippen LogP contribution in [-0.2, 0) is 16.0 Å². The molecule has 0 aliphatic carbocycles. The summed E-state index contributed by atoms with van der Waals surface area (Å²) in [5.74, 6) is -0.466. The summed E-state index contributed by atoms with van der Waals surface area (Å²) in [6.45, 7) is 6.11. The van der Waals surface area contributed by atoms with Crippen LogP contribution in [0.15, 0.2) is 36.4 Å². The van der Waals surface area contributed by atoms with E-state index in [0.717, 1.165) is 26.9 Å². The van der Waals surface area contributed by atoms with E-state index in [1.807, 2.05) is 32.0 Å². The lowest BCUT2D eigenvalue weighted by atomic mass is 10.0. The lowest BCUT2D eigenvalue weighted by molar-refractivity contribution is -0.115. The Hall–Kier alpha value is -2.73. The molecule has 0 aliphatic rings. The van der Waals surface area contributed by atoms with Gasteiger partial charge in [-0.2, -0.15) is 0 Å². The van der Waals surface area contributed by atoms with Gasteiger partial charge in [0.05, 0.1) is 28.8 Å². The van der Waals surface area contributed by atoms with E-state index >= 15 is 0 Å². The van der Waals surface area contributed by atoms with Crippen molar-refractivity contribution in [3.05, 3.63) is 58.7 Å². The van der Waals surface area contributed by atoms with Gasteiger partial charge in [-0.15, -0.1) is 0 Å². The predicted octanol–water partition coefficient (Wildman–Crippen LogP) is 4.27. The number of nitrogens with zero attached hydrogens (tertiary/aromatic N) is 1.